The average Bonchev–Trinajstić information content (AvgIpc) is 2.70. The highest BCUT2D eigenvalue weighted by Gasteiger charge is 2.38. The molecule has 30 heavy (non-hydrogen) atoms. The number of aromatic nitrogens is 1. The van der Waals surface area contributed by atoms with Crippen LogP contribution in [-0.4, -0.2) is 48.0 Å². The molecule has 0 unspecified atom stereocenters. The van der Waals surface area contributed by atoms with Crippen LogP contribution in [0.15, 0.2) is 46.1 Å². The van der Waals surface area contributed by atoms with Crippen molar-refractivity contribution in [2.75, 3.05) is 17.8 Å². The third-order valence-corrected chi connectivity index (χ3v) is 7.03. The Balaban J connectivity index is 1.63. The van der Waals surface area contributed by atoms with E-state index in [0.29, 0.717) is 12.2 Å². The number of piperidine rings is 1. The summed E-state index contributed by atoms with van der Waals surface area (Å²) in [6.45, 7) is 2.62. The molecule has 1 amide bonds. The summed E-state index contributed by atoms with van der Waals surface area (Å²) in [6, 6.07) is 9.42. The first-order chi connectivity index (χ1) is 14.2. The standard InChI is InChI=1S/C20H21N3O6S/c1-12-2-4-15(5-3-12)30(28,29)21-16-6-7-17-14-8-13(10-23(17)18(16)24)9-22(11-14)19(25)20(26)27/h2-7,13-14,21H,8-11H2,1H3,(H,26,27)/t13-,14+/m0/s1. The van der Waals surface area contributed by atoms with E-state index in [9.17, 15) is 22.8 Å². The Morgan fingerprint density at radius 3 is 2.43 bits per heavy atom. The quantitative estimate of drug-likeness (QED) is 0.698. The van der Waals surface area contributed by atoms with Crippen LogP contribution in [0.1, 0.15) is 23.6 Å². The van der Waals surface area contributed by atoms with E-state index in [1.807, 2.05) is 6.92 Å². The summed E-state index contributed by atoms with van der Waals surface area (Å²) in [5.74, 6) is -2.67. The van der Waals surface area contributed by atoms with E-state index in [0.717, 1.165) is 12.0 Å². The van der Waals surface area contributed by atoms with Crippen molar-refractivity contribution in [1.29, 1.82) is 0 Å². The number of carboxylic acid groups (broad SMARTS) is 1. The van der Waals surface area contributed by atoms with Gasteiger partial charge in [0.25, 0.3) is 15.6 Å². The number of carboxylic acids is 1. The maximum atomic E-state index is 13.0. The number of aryl methyl sites for hydroxylation is 1. The highest BCUT2D eigenvalue weighted by atomic mass is 32.2. The summed E-state index contributed by atoms with van der Waals surface area (Å²) in [5.41, 5.74) is 1.11. The van der Waals surface area contributed by atoms with Gasteiger partial charge in [-0.15, -0.1) is 0 Å². The van der Waals surface area contributed by atoms with Gasteiger partial charge in [0.1, 0.15) is 5.69 Å². The van der Waals surface area contributed by atoms with Crippen LogP contribution in [0.2, 0.25) is 0 Å². The molecule has 2 aliphatic heterocycles. The van der Waals surface area contributed by atoms with Gasteiger partial charge in [-0.1, -0.05) is 17.7 Å². The van der Waals surface area contributed by atoms with Crippen molar-refractivity contribution in [1.82, 2.24) is 9.47 Å². The molecule has 2 aliphatic rings. The Labute approximate surface area is 173 Å². The Hall–Kier alpha value is -3.14. The Morgan fingerprint density at radius 1 is 1.07 bits per heavy atom. The summed E-state index contributed by atoms with van der Waals surface area (Å²) in [7, 11) is -3.91. The maximum absolute atomic E-state index is 13.0. The Kier molecular flexibility index (Phi) is 4.89. The molecule has 0 radical (unpaired) electrons. The third-order valence-electron chi connectivity index (χ3n) is 5.65. The molecule has 158 valence electrons. The molecule has 2 atom stereocenters. The van der Waals surface area contributed by atoms with Gasteiger partial charge < -0.3 is 14.6 Å². The van der Waals surface area contributed by atoms with E-state index in [-0.39, 0.29) is 35.5 Å². The van der Waals surface area contributed by atoms with Crippen molar-refractivity contribution in [2.24, 2.45) is 5.92 Å². The van der Waals surface area contributed by atoms with Crippen LogP contribution < -0.4 is 10.3 Å². The van der Waals surface area contributed by atoms with E-state index in [4.69, 9.17) is 5.11 Å². The number of rotatable bonds is 3. The molecule has 2 bridgehead atoms. The molecule has 9 nitrogen and oxygen atoms in total. The van der Waals surface area contributed by atoms with Gasteiger partial charge in [0.15, 0.2) is 0 Å². The first-order valence-electron chi connectivity index (χ1n) is 9.51. The van der Waals surface area contributed by atoms with Crippen LogP contribution in [0.5, 0.6) is 0 Å². The Bertz CT molecular complexity index is 1190. The maximum Gasteiger partial charge on any atom is 0.394 e. The van der Waals surface area contributed by atoms with Crippen molar-refractivity contribution < 1.29 is 23.1 Å². The summed E-state index contributed by atoms with van der Waals surface area (Å²) >= 11 is 0. The molecule has 1 aromatic heterocycles. The van der Waals surface area contributed by atoms with Gasteiger partial charge in [-0.2, -0.15) is 0 Å². The molecule has 2 aromatic rings. The second-order valence-corrected chi connectivity index (χ2v) is 9.50. The number of fused-ring (bicyclic) bond motifs is 4. The highest BCUT2D eigenvalue weighted by Crippen LogP contribution is 2.35. The molecule has 4 rings (SSSR count). The van der Waals surface area contributed by atoms with Crippen molar-refractivity contribution in [3.63, 3.8) is 0 Å². The van der Waals surface area contributed by atoms with Crippen molar-refractivity contribution >= 4 is 27.6 Å². The van der Waals surface area contributed by atoms with Crippen LogP contribution in [0.25, 0.3) is 0 Å². The van der Waals surface area contributed by atoms with Crippen LogP contribution in [0, 0.1) is 12.8 Å². The first-order valence-corrected chi connectivity index (χ1v) is 11.0. The molecule has 3 heterocycles. The normalized spacial score (nSPS) is 20.4. The number of amides is 1. The summed E-state index contributed by atoms with van der Waals surface area (Å²) in [5, 5.41) is 8.98. The van der Waals surface area contributed by atoms with Gasteiger partial charge in [-0.25, -0.2) is 13.2 Å². The van der Waals surface area contributed by atoms with Gasteiger partial charge in [0.2, 0.25) is 0 Å². The molecule has 10 heteroatoms. The van der Waals surface area contributed by atoms with Crippen LogP contribution >= 0.6 is 0 Å². The summed E-state index contributed by atoms with van der Waals surface area (Å²) in [4.78, 5) is 37.2. The lowest BCUT2D eigenvalue weighted by Gasteiger charge is -2.42. The molecule has 1 aromatic carbocycles. The number of hydrogen-bond donors (Lipinski definition) is 2. The number of aliphatic carboxylic acids is 1. The van der Waals surface area contributed by atoms with Crippen LogP contribution in [0.3, 0.4) is 0 Å². The number of nitrogens with one attached hydrogen (secondary N) is 1. The zero-order valence-corrected chi connectivity index (χ0v) is 17.1. The largest absolute Gasteiger partial charge is 0.474 e. The van der Waals surface area contributed by atoms with Gasteiger partial charge >= 0.3 is 11.9 Å². The topological polar surface area (TPSA) is 126 Å². The number of hydrogen-bond acceptors (Lipinski definition) is 5. The second kappa shape index (κ2) is 7.28. The van der Waals surface area contributed by atoms with Crippen LogP contribution in [-0.2, 0) is 26.2 Å². The van der Waals surface area contributed by atoms with Gasteiger partial charge in [-0.05, 0) is 43.5 Å². The lowest BCUT2D eigenvalue weighted by atomic mass is 9.83. The number of anilines is 1. The molecular weight excluding hydrogens is 410 g/mol. The SMILES string of the molecule is Cc1ccc(S(=O)(=O)Nc2ccc3n(c2=O)C[C@H]2C[C@@H]3CN(C(=O)C(=O)O)C2)cc1. The fraction of sp³-hybridized carbons (Fsp3) is 0.350. The minimum absolute atomic E-state index is 0.0437. The number of carbonyl (C=O) groups is 2. The number of carbonyl (C=O) groups excluding carboxylic acids is 1. The van der Waals surface area contributed by atoms with Gasteiger partial charge in [0.05, 0.1) is 4.90 Å². The molecule has 0 spiro atoms. The lowest BCUT2D eigenvalue weighted by Crippen LogP contribution is -2.51. The number of pyridine rings is 1. The molecule has 1 saturated heterocycles. The van der Waals surface area contributed by atoms with Crippen molar-refractivity contribution in [3.05, 3.63) is 58.0 Å². The zero-order valence-electron chi connectivity index (χ0n) is 16.2. The second-order valence-electron chi connectivity index (χ2n) is 7.82. The van der Waals surface area contributed by atoms with E-state index in [1.165, 1.54) is 27.7 Å². The fourth-order valence-corrected chi connectivity index (χ4v) is 5.30. The smallest absolute Gasteiger partial charge is 0.394 e. The first kappa shape index (κ1) is 20.1. The van der Waals surface area contributed by atoms with Gasteiger partial charge in [-0.3, -0.25) is 14.3 Å². The predicted molar refractivity (Wildman–Crippen MR) is 108 cm³/mol. The van der Waals surface area contributed by atoms with Crippen LogP contribution in [0.4, 0.5) is 5.69 Å². The number of likely N-dealkylation sites (tertiary alicyclic amines) is 1. The van der Waals surface area contributed by atoms with Crippen molar-refractivity contribution in [3.8, 4) is 0 Å². The summed E-state index contributed by atoms with van der Waals surface area (Å²) in [6.07, 6.45) is 0.747. The van der Waals surface area contributed by atoms with Gasteiger partial charge in [0, 0.05) is 31.2 Å². The zero-order chi connectivity index (χ0) is 21.6. The van der Waals surface area contributed by atoms with E-state index in [2.05, 4.69) is 4.72 Å². The van der Waals surface area contributed by atoms with E-state index >= 15 is 0 Å². The molecule has 0 aliphatic carbocycles. The Morgan fingerprint density at radius 2 is 1.77 bits per heavy atom. The fourth-order valence-electron chi connectivity index (χ4n) is 4.25. The number of sulfonamides is 1. The minimum Gasteiger partial charge on any atom is -0.474 e. The van der Waals surface area contributed by atoms with E-state index in [1.54, 1.807) is 18.2 Å². The molecular formula is C20H21N3O6S. The summed E-state index contributed by atoms with van der Waals surface area (Å²) < 4.78 is 29.2. The third kappa shape index (κ3) is 3.58. The number of nitrogens with zero attached hydrogens (tertiary/aromatic N) is 2. The number of benzene rings is 1. The molecule has 0 saturated carbocycles. The minimum atomic E-state index is -3.91. The molecule has 2 N–H and O–H groups in total. The molecule has 1 fully saturated rings. The predicted octanol–water partition coefficient (Wildman–Crippen LogP) is 0.988. The average molecular weight is 431 g/mol. The monoisotopic (exact) mass is 431 g/mol. The lowest BCUT2D eigenvalue weighted by molar-refractivity contribution is -0.157. The van der Waals surface area contributed by atoms with Crippen molar-refractivity contribution in [2.45, 2.75) is 30.7 Å². The highest BCUT2D eigenvalue weighted by molar-refractivity contribution is 7.92. The van der Waals surface area contributed by atoms with E-state index < -0.39 is 27.5 Å².